The van der Waals surface area contributed by atoms with Crippen LogP contribution in [0.4, 0.5) is 0 Å². The van der Waals surface area contributed by atoms with Crippen LogP contribution in [0.25, 0.3) is 0 Å². The second-order valence-electron chi connectivity index (χ2n) is 3.20. The van der Waals surface area contributed by atoms with Crippen molar-refractivity contribution in [2.45, 2.75) is 45.6 Å². The molecular formula is C9H17N3O. The van der Waals surface area contributed by atoms with E-state index in [9.17, 15) is 5.11 Å². The van der Waals surface area contributed by atoms with Crippen LogP contribution in [0.1, 0.15) is 38.3 Å². The van der Waals surface area contributed by atoms with Gasteiger partial charge in [0.15, 0.2) is 0 Å². The van der Waals surface area contributed by atoms with Gasteiger partial charge in [0.25, 0.3) is 0 Å². The maximum absolute atomic E-state index is 9.50. The van der Waals surface area contributed by atoms with E-state index in [2.05, 4.69) is 22.1 Å². The predicted molar refractivity (Wildman–Crippen MR) is 50.4 cm³/mol. The summed E-state index contributed by atoms with van der Waals surface area (Å²) in [4.78, 5) is 4.22. The summed E-state index contributed by atoms with van der Waals surface area (Å²) >= 11 is 0. The normalized spacial score (nSPS) is 13.2. The van der Waals surface area contributed by atoms with Crippen molar-refractivity contribution in [2.24, 2.45) is 0 Å². The van der Waals surface area contributed by atoms with Gasteiger partial charge in [-0.3, -0.25) is 5.10 Å². The number of aromatic amines is 1. The molecule has 0 saturated carbocycles. The van der Waals surface area contributed by atoms with Gasteiger partial charge in [0.05, 0.1) is 6.10 Å². The van der Waals surface area contributed by atoms with Crippen LogP contribution in [0.3, 0.4) is 0 Å². The fraction of sp³-hybridized carbons (Fsp3) is 0.778. The van der Waals surface area contributed by atoms with Crippen molar-refractivity contribution < 1.29 is 5.11 Å². The van der Waals surface area contributed by atoms with Crippen LogP contribution < -0.4 is 0 Å². The molecular weight excluding hydrogens is 166 g/mol. The maximum atomic E-state index is 9.50. The number of aliphatic hydroxyl groups is 1. The Morgan fingerprint density at radius 3 is 2.77 bits per heavy atom. The molecule has 0 amide bonds. The van der Waals surface area contributed by atoms with Crippen molar-refractivity contribution >= 4 is 0 Å². The van der Waals surface area contributed by atoms with E-state index in [1.807, 2.05) is 6.92 Å². The second kappa shape index (κ2) is 4.97. The molecule has 0 fully saturated rings. The molecule has 0 aliphatic carbocycles. The van der Waals surface area contributed by atoms with Gasteiger partial charge < -0.3 is 5.11 Å². The Morgan fingerprint density at radius 1 is 1.46 bits per heavy atom. The quantitative estimate of drug-likeness (QED) is 0.717. The lowest BCUT2D eigenvalue weighted by Crippen LogP contribution is -2.10. The average molecular weight is 183 g/mol. The van der Waals surface area contributed by atoms with Crippen LogP contribution in [0.2, 0.25) is 0 Å². The number of nitrogens with one attached hydrogen (secondary N) is 1. The smallest absolute Gasteiger partial charge is 0.150 e. The molecule has 1 heterocycles. The summed E-state index contributed by atoms with van der Waals surface area (Å²) in [5, 5.41) is 16.3. The zero-order valence-electron chi connectivity index (χ0n) is 8.25. The van der Waals surface area contributed by atoms with Crippen molar-refractivity contribution in [3.8, 4) is 0 Å². The Balaban J connectivity index is 2.44. The fourth-order valence-electron chi connectivity index (χ4n) is 1.24. The van der Waals surface area contributed by atoms with Gasteiger partial charge in [0.1, 0.15) is 11.6 Å². The molecule has 1 aromatic heterocycles. The number of hydrogen-bond donors (Lipinski definition) is 2. The molecule has 1 aromatic rings. The molecule has 1 atom stereocenters. The van der Waals surface area contributed by atoms with Crippen molar-refractivity contribution in [1.29, 1.82) is 0 Å². The minimum atomic E-state index is -0.289. The molecule has 0 aliphatic rings. The van der Waals surface area contributed by atoms with E-state index in [1.165, 1.54) is 0 Å². The highest BCUT2D eigenvalue weighted by atomic mass is 16.3. The monoisotopic (exact) mass is 183 g/mol. The molecule has 0 spiro atoms. The molecule has 13 heavy (non-hydrogen) atoms. The maximum Gasteiger partial charge on any atom is 0.150 e. The Kier molecular flexibility index (Phi) is 3.89. The average Bonchev–Trinajstić information content (AvgIpc) is 2.52. The summed E-state index contributed by atoms with van der Waals surface area (Å²) < 4.78 is 0. The van der Waals surface area contributed by atoms with Gasteiger partial charge in [0, 0.05) is 12.8 Å². The topological polar surface area (TPSA) is 61.8 Å². The summed E-state index contributed by atoms with van der Waals surface area (Å²) in [7, 11) is 0. The summed E-state index contributed by atoms with van der Waals surface area (Å²) in [6.45, 7) is 4.07. The first-order valence-electron chi connectivity index (χ1n) is 4.84. The van der Waals surface area contributed by atoms with Gasteiger partial charge >= 0.3 is 0 Å². The van der Waals surface area contributed by atoms with E-state index in [-0.39, 0.29) is 6.10 Å². The van der Waals surface area contributed by atoms with E-state index >= 15 is 0 Å². The standard InChI is InChI=1S/C9H17N3O/c1-3-5-7(13)6-9-10-8(4-2)11-12-9/h7,13H,3-6H2,1-2H3,(H,10,11,12). The van der Waals surface area contributed by atoms with Gasteiger partial charge in [-0.1, -0.05) is 20.3 Å². The molecule has 4 heteroatoms. The molecule has 0 radical (unpaired) electrons. The van der Waals surface area contributed by atoms with Crippen molar-refractivity contribution in [2.75, 3.05) is 0 Å². The Morgan fingerprint density at radius 2 is 2.23 bits per heavy atom. The molecule has 2 N–H and O–H groups in total. The SMILES string of the molecule is CCCC(O)Cc1nc(CC)n[nH]1. The van der Waals surface area contributed by atoms with E-state index in [1.54, 1.807) is 0 Å². The second-order valence-corrected chi connectivity index (χ2v) is 3.20. The number of hydrogen-bond acceptors (Lipinski definition) is 3. The Bertz CT molecular complexity index is 247. The number of aryl methyl sites for hydroxylation is 1. The van der Waals surface area contributed by atoms with Crippen LogP contribution in [0, 0.1) is 0 Å². The van der Waals surface area contributed by atoms with Gasteiger partial charge in [-0.15, -0.1) is 0 Å². The number of rotatable bonds is 5. The number of aromatic nitrogens is 3. The number of H-pyrrole nitrogens is 1. The van der Waals surface area contributed by atoms with Crippen molar-refractivity contribution in [3.63, 3.8) is 0 Å². The molecule has 0 bridgehead atoms. The van der Waals surface area contributed by atoms with E-state index in [0.29, 0.717) is 6.42 Å². The summed E-state index contributed by atoms with van der Waals surface area (Å²) in [5.41, 5.74) is 0. The lowest BCUT2D eigenvalue weighted by atomic mass is 10.1. The molecule has 74 valence electrons. The minimum Gasteiger partial charge on any atom is -0.393 e. The van der Waals surface area contributed by atoms with Crippen LogP contribution in [-0.4, -0.2) is 26.4 Å². The van der Waals surface area contributed by atoms with E-state index in [0.717, 1.165) is 30.9 Å². The first kappa shape index (κ1) is 10.2. The molecule has 0 aromatic carbocycles. The number of aliphatic hydroxyl groups excluding tert-OH is 1. The first-order valence-corrected chi connectivity index (χ1v) is 4.84. The molecule has 0 aliphatic heterocycles. The number of nitrogens with zero attached hydrogens (tertiary/aromatic N) is 2. The molecule has 4 nitrogen and oxygen atoms in total. The predicted octanol–water partition coefficient (Wildman–Crippen LogP) is 1.07. The van der Waals surface area contributed by atoms with Crippen molar-refractivity contribution in [3.05, 3.63) is 11.6 Å². The van der Waals surface area contributed by atoms with Gasteiger partial charge in [0.2, 0.25) is 0 Å². The van der Waals surface area contributed by atoms with Gasteiger partial charge in [-0.25, -0.2) is 4.98 Å². The minimum absolute atomic E-state index is 0.289. The van der Waals surface area contributed by atoms with Crippen LogP contribution in [-0.2, 0) is 12.8 Å². The lowest BCUT2D eigenvalue weighted by molar-refractivity contribution is 0.161. The highest BCUT2D eigenvalue weighted by Gasteiger charge is 2.07. The van der Waals surface area contributed by atoms with Gasteiger partial charge in [-0.2, -0.15) is 5.10 Å². The van der Waals surface area contributed by atoms with E-state index in [4.69, 9.17) is 0 Å². The first-order chi connectivity index (χ1) is 6.26. The third-order valence-electron chi connectivity index (χ3n) is 1.95. The zero-order chi connectivity index (χ0) is 9.68. The summed E-state index contributed by atoms with van der Waals surface area (Å²) in [6.07, 6.45) is 2.95. The van der Waals surface area contributed by atoms with Crippen LogP contribution in [0.5, 0.6) is 0 Å². The largest absolute Gasteiger partial charge is 0.393 e. The summed E-state index contributed by atoms with van der Waals surface area (Å²) in [6, 6.07) is 0. The summed E-state index contributed by atoms with van der Waals surface area (Å²) in [5.74, 6) is 1.61. The van der Waals surface area contributed by atoms with Crippen molar-refractivity contribution in [1.82, 2.24) is 15.2 Å². The molecule has 0 saturated heterocycles. The highest BCUT2D eigenvalue weighted by Crippen LogP contribution is 2.03. The highest BCUT2D eigenvalue weighted by molar-refractivity contribution is 4.91. The third-order valence-corrected chi connectivity index (χ3v) is 1.95. The lowest BCUT2D eigenvalue weighted by Gasteiger charge is -2.05. The van der Waals surface area contributed by atoms with E-state index < -0.39 is 0 Å². The third kappa shape index (κ3) is 3.14. The Hall–Kier alpha value is -0.900. The molecule has 1 unspecified atom stereocenters. The zero-order valence-corrected chi connectivity index (χ0v) is 8.25. The fourth-order valence-corrected chi connectivity index (χ4v) is 1.24. The molecule has 1 rings (SSSR count). The Labute approximate surface area is 78.4 Å². The van der Waals surface area contributed by atoms with Crippen LogP contribution >= 0.6 is 0 Å². The van der Waals surface area contributed by atoms with Gasteiger partial charge in [-0.05, 0) is 6.42 Å². The van der Waals surface area contributed by atoms with Crippen LogP contribution in [0.15, 0.2) is 0 Å².